The van der Waals surface area contributed by atoms with E-state index in [1.165, 1.54) is 18.2 Å². The number of nitriles is 1. The molecule has 0 unspecified atom stereocenters. The highest BCUT2D eigenvalue weighted by atomic mass is 19.1. The van der Waals surface area contributed by atoms with E-state index < -0.39 is 5.82 Å². The topological polar surface area (TPSA) is 45.8 Å². The van der Waals surface area contributed by atoms with Gasteiger partial charge in [-0.15, -0.1) is 0 Å². The van der Waals surface area contributed by atoms with Crippen molar-refractivity contribution in [3.05, 3.63) is 71.7 Å². The molecule has 1 heterocycles. The molecule has 0 aliphatic carbocycles. The minimum Gasteiger partial charge on any atom is -0.340 e. The fourth-order valence-corrected chi connectivity index (χ4v) is 2.32. The van der Waals surface area contributed by atoms with Crippen molar-refractivity contribution in [2.75, 3.05) is 0 Å². The van der Waals surface area contributed by atoms with Crippen molar-refractivity contribution in [1.82, 2.24) is 4.57 Å². The molecule has 1 aromatic heterocycles. The lowest BCUT2D eigenvalue weighted by Crippen LogP contribution is -2.09. The van der Waals surface area contributed by atoms with Gasteiger partial charge < -0.3 is 4.57 Å². The van der Waals surface area contributed by atoms with Crippen LogP contribution < -0.4 is 0 Å². The first kappa shape index (κ1) is 13.1. The quantitative estimate of drug-likeness (QED) is 0.688. The maximum Gasteiger partial charge on any atom is 0.182 e. The average Bonchev–Trinajstić information content (AvgIpc) is 2.89. The second-order valence-electron chi connectivity index (χ2n) is 4.76. The molecule has 0 aliphatic heterocycles. The Kier molecular flexibility index (Phi) is 3.25. The molecule has 21 heavy (non-hydrogen) atoms. The molecule has 0 amide bonds. The van der Waals surface area contributed by atoms with Gasteiger partial charge in [-0.25, -0.2) is 4.39 Å². The number of Topliss-reactive ketones (excluding diaryl/α,β-unsaturated/α-hetero) is 1. The second-order valence-corrected chi connectivity index (χ2v) is 4.76. The second kappa shape index (κ2) is 5.22. The predicted octanol–water partition coefficient (Wildman–Crippen LogP) is 3.53. The molecule has 0 bridgehead atoms. The zero-order valence-corrected chi connectivity index (χ0v) is 11.1. The van der Waals surface area contributed by atoms with Crippen molar-refractivity contribution in [3.63, 3.8) is 0 Å². The van der Waals surface area contributed by atoms with Crippen molar-refractivity contribution >= 4 is 16.7 Å². The zero-order chi connectivity index (χ0) is 14.8. The van der Waals surface area contributed by atoms with Gasteiger partial charge in [0.25, 0.3) is 0 Å². The maximum atomic E-state index is 13.2. The molecule has 0 saturated carbocycles. The number of hydrogen-bond acceptors (Lipinski definition) is 2. The first-order valence-corrected chi connectivity index (χ1v) is 6.45. The van der Waals surface area contributed by atoms with E-state index in [1.54, 1.807) is 29.0 Å². The standard InChI is InChI=1S/C17H11FN2O/c18-15-3-1-2-14(9-15)17(21)11-20-7-6-13-8-12(10-19)4-5-16(13)20/h1-9H,11H2. The van der Waals surface area contributed by atoms with E-state index in [-0.39, 0.29) is 12.3 Å². The first-order chi connectivity index (χ1) is 10.2. The molecule has 3 nitrogen and oxygen atoms in total. The van der Waals surface area contributed by atoms with Crippen LogP contribution in [0.15, 0.2) is 54.7 Å². The summed E-state index contributed by atoms with van der Waals surface area (Å²) in [6.45, 7) is 0.138. The highest BCUT2D eigenvalue weighted by Gasteiger charge is 2.10. The Bertz CT molecular complexity index is 874. The van der Waals surface area contributed by atoms with Crippen LogP contribution in [0.2, 0.25) is 0 Å². The van der Waals surface area contributed by atoms with Crippen molar-refractivity contribution in [2.45, 2.75) is 6.54 Å². The molecule has 0 saturated heterocycles. The van der Waals surface area contributed by atoms with E-state index in [2.05, 4.69) is 6.07 Å². The number of nitrogens with zero attached hydrogens (tertiary/aromatic N) is 2. The average molecular weight is 278 g/mol. The summed E-state index contributed by atoms with van der Waals surface area (Å²) in [5.41, 5.74) is 1.81. The number of rotatable bonds is 3. The van der Waals surface area contributed by atoms with Gasteiger partial charge in [-0.3, -0.25) is 4.79 Å². The van der Waals surface area contributed by atoms with Crippen molar-refractivity contribution in [1.29, 1.82) is 5.26 Å². The third-order valence-corrected chi connectivity index (χ3v) is 3.36. The summed E-state index contributed by atoms with van der Waals surface area (Å²) in [5.74, 6) is -0.576. The van der Waals surface area contributed by atoms with Gasteiger partial charge >= 0.3 is 0 Å². The number of fused-ring (bicyclic) bond motifs is 1. The fraction of sp³-hybridized carbons (Fsp3) is 0.0588. The van der Waals surface area contributed by atoms with Crippen molar-refractivity contribution in [2.24, 2.45) is 0 Å². The third-order valence-electron chi connectivity index (χ3n) is 3.36. The molecule has 0 N–H and O–H groups in total. The Morgan fingerprint density at radius 2 is 2.05 bits per heavy atom. The molecular formula is C17H11FN2O. The molecule has 0 atom stereocenters. The van der Waals surface area contributed by atoms with Gasteiger partial charge in [0.2, 0.25) is 0 Å². The van der Waals surface area contributed by atoms with E-state index in [9.17, 15) is 9.18 Å². The normalized spacial score (nSPS) is 10.5. The van der Waals surface area contributed by atoms with Gasteiger partial charge in [0.05, 0.1) is 18.2 Å². The van der Waals surface area contributed by atoms with Crippen LogP contribution in [-0.2, 0) is 6.54 Å². The largest absolute Gasteiger partial charge is 0.340 e. The van der Waals surface area contributed by atoms with Crippen LogP contribution in [0.25, 0.3) is 10.9 Å². The number of carbonyl (C=O) groups excluding carboxylic acids is 1. The Morgan fingerprint density at radius 3 is 2.81 bits per heavy atom. The molecule has 0 fully saturated rings. The minimum absolute atomic E-state index is 0.138. The van der Waals surface area contributed by atoms with Crippen LogP contribution in [-0.4, -0.2) is 10.4 Å². The number of ketones is 1. The van der Waals surface area contributed by atoms with Crippen LogP contribution >= 0.6 is 0 Å². The lowest BCUT2D eigenvalue weighted by Gasteiger charge is -2.05. The molecule has 102 valence electrons. The van der Waals surface area contributed by atoms with Crippen molar-refractivity contribution < 1.29 is 9.18 Å². The summed E-state index contributed by atoms with van der Waals surface area (Å²) in [4.78, 5) is 12.2. The predicted molar refractivity (Wildman–Crippen MR) is 77.4 cm³/mol. The van der Waals surface area contributed by atoms with E-state index in [4.69, 9.17) is 5.26 Å². The van der Waals surface area contributed by atoms with E-state index in [0.29, 0.717) is 11.1 Å². The minimum atomic E-state index is -0.420. The molecule has 0 spiro atoms. The zero-order valence-electron chi connectivity index (χ0n) is 11.1. The van der Waals surface area contributed by atoms with Gasteiger partial charge in [0.15, 0.2) is 5.78 Å². The summed E-state index contributed by atoms with van der Waals surface area (Å²) in [7, 11) is 0. The Labute approximate surface area is 120 Å². The number of hydrogen-bond donors (Lipinski definition) is 0. The number of carbonyl (C=O) groups is 1. The first-order valence-electron chi connectivity index (χ1n) is 6.45. The number of aromatic nitrogens is 1. The molecule has 0 radical (unpaired) electrons. The molecule has 4 heteroatoms. The molecule has 2 aromatic carbocycles. The van der Waals surface area contributed by atoms with E-state index in [1.807, 2.05) is 12.1 Å². The fourth-order valence-electron chi connectivity index (χ4n) is 2.32. The Morgan fingerprint density at radius 1 is 1.19 bits per heavy atom. The van der Waals surface area contributed by atoms with Gasteiger partial charge in [0.1, 0.15) is 5.82 Å². The number of benzene rings is 2. The van der Waals surface area contributed by atoms with Crippen LogP contribution in [0.4, 0.5) is 4.39 Å². The summed E-state index contributed by atoms with van der Waals surface area (Å²) in [6, 6.07) is 14.9. The van der Waals surface area contributed by atoms with E-state index in [0.717, 1.165) is 10.9 Å². The highest BCUT2D eigenvalue weighted by Crippen LogP contribution is 2.18. The maximum absolute atomic E-state index is 13.2. The van der Waals surface area contributed by atoms with Crippen LogP contribution in [0.5, 0.6) is 0 Å². The summed E-state index contributed by atoms with van der Waals surface area (Å²) < 4.78 is 14.9. The van der Waals surface area contributed by atoms with Gasteiger partial charge in [-0.1, -0.05) is 12.1 Å². The van der Waals surface area contributed by atoms with Crippen LogP contribution in [0.3, 0.4) is 0 Å². The highest BCUT2D eigenvalue weighted by molar-refractivity contribution is 5.96. The lowest BCUT2D eigenvalue weighted by molar-refractivity contribution is 0.0973. The van der Waals surface area contributed by atoms with Crippen molar-refractivity contribution in [3.8, 4) is 6.07 Å². The monoisotopic (exact) mass is 278 g/mol. The Balaban J connectivity index is 1.92. The number of halogens is 1. The lowest BCUT2D eigenvalue weighted by atomic mass is 10.1. The van der Waals surface area contributed by atoms with Gasteiger partial charge in [-0.05, 0) is 36.4 Å². The summed E-state index contributed by atoms with van der Waals surface area (Å²) in [6.07, 6.45) is 1.79. The smallest absolute Gasteiger partial charge is 0.182 e. The summed E-state index contributed by atoms with van der Waals surface area (Å²) >= 11 is 0. The van der Waals surface area contributed by atoms with E-state index >= 15 is 0 Å². The summed E-state index contributed by atoms with van der Waals surface area (Å²) in [5, 5.41) is 9.78. The third kappa shape index (κ3) is 2.54. The Hall–Kier alpha value is -2.93. The van der Waals surface area contributed by atoms with Gasteiger partial charge in [0, 0.05) is 22.7 Å². The molecule has 3 aromatic rings. The van der Waals surface area contributed by atoms with Crippen LogP contribution in [0, 0.1) is 17.1 Å². The molecule has 3 rings (SSSR count). The molecule has 0 aliphatic rings. The SMILES string of the molecule is N#Cc1ccc2c(ccn2CC(=O)c2cccc(F)c2)c1. The van der Waals surface area contributed by atoms with Gasteiger partial charge in [-0.2, -0.15) is 5.26 Å². The van der Waals surface area contributed by atoms with Crippen LogP contribution in [0.1, 0.15) is 15.9 Å². The molecular weight excluding hydrogens is 267 g/mol.